The summed E-state index contributed by atoms with van der Waals surface area (Å²) < 4.78 is 0. The molecule has 0 saturated carbocycles. The molecule has 0 unspecified atom stereocenters. The van der Waals surface area contributed by atoms with E-state index < -0.39 is 0 Å². The standard InChI is InChI=1S/C15H12OS4/c1-17-9-11-3-5-13(19-11)15-7-6-14(20-15)12-4-2-10(8-16)18-12/h2-8H,9H2,1H3. The van der Waals surface area contributed by atoms with Gasteiger partial charge in [0, 0.05) is 30.1 Å². The molecule has 0 atom stereocenters. The number of hydrogen-bond acceptors (Lipinski definition) is 5. The zero-order chi connectivity index (χ0) is 13.9. The Labute approximate surface area is 134 Å². The van der Waals surface area contributed by atoms with Crippen molar-refractivity contribution in [1.82, 2.24) is 0 Å². The van der Waals surface area contributed by atoms with Crippen LogP contribution in [0, 0.1) is 0 Å². The Morgan fingerprint density at radius 1 is 0.900 bits per heavy atom. The average molecular weight is 337 g/mol. The molecule has 0 aliphatic rings. The Balaban J connectivity index is 1.87. The molecule has 0 bridgehead atoms. The molecule has 0 radical (unpaired) electrons. The minimum Gasteiger partial charge on any atom is -0.297 e. The van der Waals surface area contributed by atoms with E-state index in [1.165, 1.54) is 24.4 Å². The summed E-state index contributed by atoms with van der Waals surface area (Å²) in [6, 6.07) is 12.7. The maximum atomic E-state index is 10.8. The van der Waals surface area contributed by atoms with E-state index in [2.05, 4.69) is 30.5 Å². The van der Waals surface area contributed by atoms with Crippen LogP contribution in [-0.2, 0) is 5.75 Å². The molecular formula is C15H12OS4. The number of carbonyl (C=O) groups excluding carboxylic acids is 1. The fourth-order valence-electron chi connectivity index (χ4n) is 1.88. The lowest BCUT2D eigenvalue weighted by molar-refractivity contribution is 0.112. The molecule has 1 nitrogen and oxygen atoms in total. The first-order valence-corrected chi connectivity index (χ1v) is 9.87. The van der Waals surface area contributed by atoms with Crippen LogP contribution >= 0.6 is 45.8 Å². The van der Waals surface area contributed by atoms with E-state index in [0.717, 1.165) is 16.9 Å². The fourth-order valence-corrected chi connectivity index (χ4v) is 5.66. The van der Waals surface area contributed by atoms with Crippen LogP contribution < -0.4 is 0 Å². The van der Waals surface area contributed by atoms with Crippen LogP contribution in [0.2, 0.25) is 0 Å². The Morgan fingerprint density at radius 3 is 2.15 bits per heavy atom. The molecule has 102 valence electrons. The van der Waals surface area contributed by atoms with Crippen molar-refractivity contribution in [2.75, 3.05) is 6.26 Å². The van der Waals surface area contributed by atoms with Crippen molar-refractivity contribution < 1.29 is 4.79 Å². The van der Waals surface area contributed by atoms with E-state index in [-0.39, 0.29) is 0 Å². The van der Waals surface area contributed by atoms with E-state index >= 15 is 0 Å². The van der Waals surface area contributed by atoms with Gasteiger partial charge < -0.3 is 0 Å². The van der Waals surface area contributed by atoms with Gasteiger partial charge in [-0.15, -0.1) is 34.0 Å². The predicted octanol–water partition coefficient (Wildman–Crippen LogP) is 5.88. The number of aldehydes is 1. The van der Waals surface area contributed by atoms with Crippen LogP contribution in [-0.4, -0.2) is 12.5 Å². The molecule has 0 spiro atoms. The SMILES string of the molecule is CSCc1ccc(-c2ccc(-c3ccc(C=O)s3)s2)s1. The summed E-state index contributed by atoms with van der Waals surface area (Å²) in [4.78, 5) is 18.0. The topological polar surface area (TPSA) is 17.1 Å². The highest BCUT2D eigenvalue weighted by Gasteiger charge is 2.09. The van der Waals surface area contributed by atoms with Crippen molar-refractivity contribution in [2.24, 2.45) is 0 Å². The van der Waals surface area contributed by atoms with E-state index in [1.54, 1.807) is 22.7 Å². The lowest BCUT2D eigenvalue weighted by atomic mass is 10.3. The summed E-state index contributed by atoms with van der Waals surface area (Å²) in [6.07, 6.45) is 3.04. The third kappa shape index (κ3) is 2.91. The summed E-state index contributed by atoms with van der Waals surface area (Å²) in [7, 11) is 0. The Hall–Kier alpha value is -0.880. The summed E-state index contributed by atoms with van der Waals surface area (Å²) in [5.74, 6) is 1.08. The zero-order valence-electron chi connectivity index (χ0n) is 10.8. The zero-order valence-corrected chi connectivity index (χ0v) is 14.1. The molecule has 3 aromatic heterocycles. The minimum atomic E-state index is 0.785. The van der Waals surface area contributed by atoms with Crippen LogP contribution in [0.25, 0.3) is 19.5 Å². The normalized spacial score (nSPS) is 10.8. The van der Waals surface area contributed by atoms with Gasteiger partial charge in [-0.25, -0.2) is 0 Å². The van der Waals surface area contributed by atoms with E-state index in [4.69, 9.17) is 0 Å². The fraction of sp³-hybridized carbons (Fsp3) is 0.133. The Bertz CT molecular complexity index is 720. The highest BCUT2D eigenvalue weighted by atomic mass is 32.2. The second kappa shape index (κ2) is 6.26. The second-order valence-corrected chi connectivity index (χ2v) is 8.42. The molecule has 0 aliphatic carbocycles. The van der Waals surface area contributed by atoms with Gasteiger partial charge in [0.2, 0.25) is 0 Å². The first kappa shape index (κ1) is 14.1. The summed E-state index contributed by atoms with van der Waals surface area (Å²) in [5.41, 5.74) is 0. The molecule has 3 aromatic rings. The van der Waals surface area contributed by atoms with Gasteiger partial charge in [0.15, 0.2) is 6.29 Å². The quantitative estimate of drug-likeness (QED) is 0.541. The third-order valence-corrected chi connectivity index (χ3v) is 7.14. The summed E-state index contributed by atoms with van der Waals surface area (Å²) in [5, 5.41) is 0. The van der Waals surface area contributed by atoms with Crippen molar-refractivity contribution in [2.45, 2.75) is 5.75 Å². The molecule has 0 amide bonds. The molecule has 0 aliphatic heterocycles. The van der Waals surface area contributed by atoms with Crippen LogP contribution in [0.1, 0.15) is 14.5 Å². The van der Waals surface area contributed by atoms with E-state index in [9.17, 15) is 4.79 Å². The highest BCUT2D eigenvalue weighted by Crippen LogP contribution is 2.40. The van der Waals surface area contributed by atoms with Gasteiger partial charge >= 0.3 is 0 Å². The van der Waals surface area contributed by atoms with Crippen molar-refractivity contribution >= 4 is 52.1 Å². The molecule has 3 rings (SSSR count). The molecule has 0 fully saturated rings. The Kier molecular flexibility index (Phi) is 4.41. The number of hydrogen-bond donors (Lipinski definition) is 0. The molecule has 20 heavy (non-hydrogen) atoms. The van der Waals surface area contributed by atoms with Gasteiger partial charge in [-0.2, -0.15) is 11.8 Å². The summed E-state index contributed by atoms with van der Waals surface area (Å²) in [6.45, 7) is 0. The maximum absolute atomic E-state index is 10.8. The number of thiophene rings is 3. The lowest BCUT2D eigenvalue weighted by Gasteiger charge is -1.91. The lowest BCUT2D eigenvalue weighted by Crippen LogP contribution is -1.65. The van der Waals surface area contributed by atoms with Crippen molar-refractivity contribution in [1.29, 1.82) is 0 Å². The van der Waals surface area contributed by atoms with Crippen molar-refractivity contribution in [3.8, 4) is 19.5 Å². The molecular weight excluding hydrogens is 324 g/mol. The Morgan fingerprint density at radius 2 is 1.50 bits per heavy atom. The third-order valence-electron chi connectivity index (χ3n) is 2.78. The van der Waals surface area contributed by atoms with Crippen LogP contribution in [0.5, 0.6) is 0 Å². The molecule has 0 aromatic carbocycles. The highest BCUT2D eigenvalue weighted by molar-refractivity contribution is 7.97. The first-order valence-electron chi connectivity index (χ1n) is 6.03. The summed E-state index contributed by atoms with van der Waals surface area (Å²) >= 11 is 7.06. The van der Waals surface area contributed by atoms with Gasteiger partial charge in [0.05, 0.1) is 4.88 Å². The van der Waals surface area contributed by atoms with E-state index in [1.807, 2.05) is 35.2 Å². The van der Waals surface area contributed by atoms with Crippen molar-refractivity contribution in [3.05, 3.63) is 46.2 Å². The second-order valence-electron chi connectivity index (χ2n) is 4.18. The average Bonchev–Trinajstić information content (AvgIpc) is 3.18. The minimum absolute atomic E-state index is 0.785. The maximum Gasteiger partial charge on any atom is 0.160 e. The van der Waals surface area contributed by atoms with Gasteiger partial charge in [-0.05, 0) is 42.7 Å². The van der Waals surface area contributed by atoms with Gasteiger partial charge in [0.25, 0.3) is 0 Å². The van der Waals surface area contributed by atoms with Gasteiger partial charge in [-0.3, -0.25) is 4.79 Å². The van der Waals surface area contributed by atoms with Crippen LogP contribution in [0.15, 0.2) is 36.4 Å². The smallest absolute Gasteiger partial charge is 0.160 e. The van der Waals surface area contributed by atoms with Gasteiger partial charge in [-0.1, -0.05) is 0 Å². The molecule has 3 heterocycles. The van der Waals surface area contributed by atoms with Crippen LogP contribution in [0.3, 0.4) is 0 Å². The van der Waals surface area contributed by atoms with Crippen LogP contribution in [0.4, 0.5) is 0 Å². The molecule has 5 heteroatoms. The predicted molar refractivity (Wildman–Crippen MR) is 93.6 cm³/mol. The van der Waals surface area contributed by atoms with Crippen molar-refractivity contribution in [3.63, 3.8) is 0 Å². The number of rotatable bonds is 5. The van der Waals surface area contributed by atoms with Gasteiger partial charge in [0.1, 0.15) is 0 Å². The number of carbonyl (C=O) groups is 1. The molecule has 0 saturated heterocycles. The largest absolute Gasteiger partial charge is 0.297 e. The van der Waals surface area contributed by atoms with E-state index in [0.29, 0.717) is 0 Å². The first-order chi connectivity index (χ1) is 9.80. The number of thioether (sulfide) groups is 1. The molecule has 0 N–H and O–H groups in total. The monoisotopic (exact) mass is 336 g/mol.